The molecule has 2 aromatic rings. The molecular formula is C21H26N2O2S. The van der Waals surface area contributed by atoms with Crippen molar-refractivity contribution in [3.63, 3.8) is 0 Å². The number of hydrogen-bond donors (Lipinski definition) is 0. The Labute approximate surface area is 159 Å². The van der Waals surface area contributed by atoms with Crippen LogP contribution in [0.3, 0.4) is 0 Å². The monoisotopic (exact) mass is 370 g/mol. The maximum absolute atomic E-state index is 12.8. The highest BCUT2D eigenvalue weighted by atomic mass is 32.1. The van der Waals surface area contributed by atoms with E-state index in [0.29, 0.717) is 19.6 Å². The van der Waals surface area contributed by atoms with Crippen LogP contribution >= 0.6 is 11.3 Å². The summed E-state index contributed by atoms with van der Waals surface area (Å²) in [4.78, 5) is 29.7. The first-order valence-electron chi connectivity index (χ1n) is 9.09. The highest BCUT2D eigenvalue weighted by Gasteiger charge is 2.29. The molecular weight excluding hydrogens is 344 g/mol. The molecule has 4 nitrogen and oxygen atoms in total. The number of amides is 2. The molecule has 0 spiro atoms. The summed E-state index contributed by atoms with van der Waals surface area (Å²) < 4.78 is 0. The Hall–Kier alpha value is -2.14. The van der Waals surface area contributed by atoms with Crippen LogP contribution in [0, 0.1) is 19.8 Å². The van der Waals surface area contributed by atoms with Gasteiger partial charge in [-0.1, -0.05) is 29.8 Å². The summed E-state index contributed by atoms with van der Waals surface area (Å²) in [6.45, 7) is 6.13. The van der Waals surface area contributed by atoms with Gasteiger partial charge in [-0.3, -0.25) is 9.59 Å². The van der Waals surface area contributed by atoms with Gasteiger partial charge in [0.2, 0.25) is 5.91 Å². The highest BCUT2D eigenvalue weighted by molar-refractivity contribution is 7.12. The van der Waals surface area contributed by atoms with Crippen molar-refractivity contribution in [2.24, 2.45) is 5.92 Å². The van der Waals surface area contributed by atoms with E-state index in [9.17, 15) is 9.59 Å². The van der Waals surface area contributed by atoms with Crippen LogP contribution in [0.2, 0.25) is 0 Å². The van der Waals surface area contributed by atoms with Gasteiger partial charge in [-0.25, -0.2) is 0 Å². The fourth-order valence-electron chi connectivity index (χ4n) is 3.55. The Morgan fingerprint density at radius 1 is 1.19 bits per heavy atom. The summed E-state index contributed by atoms with van der Waals surface area (Å²) in [5.41, 5.74) is 3.65. The Morgan fingerprint density at radius 3 is 2.54 bits per heavy atom. The zero-order valence-corrected chi connectivity index (χ0v) is 16.5. The van der Waals surface area contributed by atoms with E-state index in [0.717, 1.165) is 17.7 Å². The van der Waals surface area contributed by atoms with E-state index < -0.39 is 0 Å². The molecule has 0 unspecified atom stereocenters. The van der Waals surface area contributed by atoms with Gasteiger partial charge < -0.3 is 9.80 Å². The molecule has 2 amide bonds. The third-order valence-corrected chi connectivity index (χ3v) is 6.00. The zero-order valence-electron chi connectivity index (χ0n) is 15.7. The lowest BCUT2D eigenvalue weighted by Crippen LogP contribution is -2.43. The van der Waals surface area contributed by atoms with Gasteiger partial charge in [-0.2, -0.15) is 0 Å². The number of carbonyl (C=O) groups excluding carboxylic acids is 2. The molecule has 1 fully saturated rings. The summed E-state index contributed by atoms with van der Waals surface area (Å²) in [6, 6.07) is 10.1. The first-order chi connectivity index (χ1) is 12.5. The predicted octanol–water partition coefficient (Wildman–Crippen LogP) is 3.88. The van der Waals surface area contributed by atoms with E-state index in [2.05, 4.69) is 32.0 Å². The molecule has 138 valence electrons. The second-order valence-electron chi connectivity index (χ2n) is 7.17. The summed E-state index contributed by atoms with van der Waals surface area (Å²) in [7, 11) is 1.88. The molecule has 0 N–H and O–H groups in total. The lowest BCUT2D eigenvalue weighted by atomic mass is 9.95. The van der Waals surface area contributed by atoms with Gasteiger partial charge in [0.25, 0.3) is 5.91 Å². The molecule has 1 aliphatic heterocycles. The van der Waals surface area contributed by atoms with Crippen LogP contribution in [0.25, 0.3) is 0 Å². The normalized spacial score (nSPS) is 15.1. The molecule has 1 aromatic carbocycles. The van der Waals surface area contributed by atoms with Gasteiger partial charge >= 0.3 is 0 Å². The standard InChI is InChI=1S/C21H26N2O2S/c1-15-6-7-18(16(2)13-15)14-22(3)20(24)17-8-10-23(11-9-17)21(25)19-5-4-12-26-19/h4-7,12-13,17H,8-11,14H2,1-3H3. The number of piperidine rings is 1. The largest absolute Gasteiger partial charge is 0.341 e. The van der Waals surface area contributed by atoms with Crippen LogP contribution in [0.5, 0.6) is 0 Å². The minimum absolute atomic E-state index is 0.0122. The van der Waals surface area contributed by atoms with Crippen LogP contribution in [-0.4, -0.2) is 41.8 Å². The Morgan fingerprint density at radius 2 is 1.92 bits per heavy atom. The summed E-state index contributed by atoms with van der Waals surface area (Å²) in [5, 5.41) is 1.92. The molecule has 0 saturated carbocycles. The van der Waals surface area contributed by atoms with Crippen molar-refractivity contribution in [2.45, 2.75) is 33.2 Å². The van der Waals surface area contributed by atoms with Crippen molar-refractivity contribution < 1.29 is 9.59 Å². The number of nitrogens with zero attached hydrogens (tertiary/aromatic N) is 2. The second kappa shape index (κ2) is 8.04. The Kier molecular flexibility index (Phi) is 5.77. The molecule has 0 aliphatic carbocycles. The van der Waals surface area contributed by atoms with Crippen molar-refractivity contribution in [3.05, 3.63) is 57.3 Å². The first kappa shape index (κ1) is 18.6. The van der Waals surface area contributed by atoms with Crippen LogP contribution in [0.15, 0.2) is 35.7 Å². The van der Waals surface area contributed by atoms with Crippen molar-refractivity contribution in [1.82, 2.24) is 9.80 Å². The molecule has 0 bridgehead atoms. The fraction of sp³-hybridized carbons (Fsp3) is 0.429. The molecule has 26 heavy (non-hydrogen) atoms. The molecule has 2 heterocycles. The second-order valence-corrected chi connectivity index (χ2v) is 8.12. The van der Waals surface area contributed by atoms with Crippen LogP contribution in [-0.2, 0) is 11.3 Å². The number of aryl methyl sites for hydroxylation is 2. The van der Waals surface area contributed by atoms with E-state index in [-0.39, 0.29) is 17.7 Å². The van der Waals surface area contributed by atoms with Gasteiger partial charge in [0, 0.05) is 32.6 Å². The molecule has 1 aliphatic rings. The maximum atomic E-state index is 12.8. The first-order valence-corrected chi connectivity index (χ1v) is 9.97. The average molecular weight is 371 g/mol. The van der Waals surface area contributed by atoms with Gasteiger partial charge in [0.1, 0.15) is 0 Å². The van der Waals surface area contributed by atoms with E-state index in [1.54, 1.807) is 0 Å². The van der Waals surface area contributed by atoms with Crippen molar-refractivity contribution in [1.29, 1.82) is 0 Å². The SMILES string of the molecule is Cc1ccc(CN(C)C(=O)C2CCN(C(=O)c3cccs3)CC2)c(C)c1. The van der Waals surface area contributed by atoms with Crippen LogP contribution in [0.1, 0.15) is 39.2 Å². The van der Waals surface area contributed by atoms with E-state index in [1.165, 1.54) is 28.0 Å². The van der Waals surface area contributed by atoms with Crippen molar-refractivity contribution in [3.8, 4) is 0 Å². The predicted molar refractivity (Wildman–Crippen MR) is 105 cm³/mol. The lowest BCUT2D eigenvalue weighted by molar-refractivity contribution is -0.136. The van der Waals surface area contributed by atoms with Gasteiger partial charge in [-0.05, 0) is 49.3 Å². The number of thiophene rings is 1. The minimum atomic E-state index is 0.0122. The molecule has 3 rings (SSSR count). The smallest absolute Gasteiger partial charge is 0.263 e. The van der Waals surface area contributed by atoms with Gasteiger partial charge in [0.05, 0.1) is 4.88 Å². The number of likely N-dealkylation sites (tertiary alicyclic amines) is 1. The number of rotatable bonds is 4. The zero-order chi connectivity index (χ0) is 18.7. The third kappa shape index (κ3) is 4.15. The molecule has 0 radical (unpaired) electrons. The topological polar surface area (TPSA) is 40.6 Å². The minimum Gasteiger partial charge on any atom is -0.341 e. The third-order valence-electron chi connectivity index (χ3n) is 5.15. The van der Waals surface area contributed by atoms with Crippen molar-refractivity contribution in [2.75, 3.05) is 20.1 Å². The molecule has 1 aromatic heterocycles. The van der Waals surface area contributed by atoms with E-state index in [1.807, 2.05) is 34.4 Å². The Bertz CT molecular complexity index is 777. The maximum Gasteiger partial charge on any atom is 0.263 e. The molecule has 0 atom stereocenters. The van der Waals surface area contributed by atoms with Gasteiger partial charge in [-0.15, -0.1) is 11.3 Å². The van der Waals surface area contributed by atoms with Crippen LogP contribution in [0.4, 0.5) is 0 Å². The van der Waals surface area contributed by atoms with E-state index >= 15 is 0 Å². The van der Waals surface area contributed by atoms with Crippen LogP contribution < -0.4 is 0 Å². The lowest BCUT2D eigenvalue weighted by Gasteiger charge is -2.33. The van der Waals surface area contributed by atoms with Gasteiger partial charge in [0.15, 0.2) is 0 Å². The average Bonchev–Trinajstić information content (AvgIpc) is 3.17. The number of hydrogen-bond acceptors (Lipinski definition) is 3. The summed E-state index contributed by atoms with van der Waals surface area (Å²) in [6.07, 6.45) is 1.49. The number of carbonyl (C=O) groups is 2. The Balaban J connectivity index is 1.55. The van der Waals surface area contributed by atoms with Crippen molar-refractivity contribution >= 4 is 23.2 Å². The summed E-state index contributed by atoms with van der Waals surface area (Å²) in [5.74, 6) is 0.292. The quantitative estimate of drug-likeness (QED) is 0.820. The van der Waals surface area contributed by atoms with E-state index in [4.69, 9.17) is 0 Å². The molecule has 1 saturated heterocycles. The number of benzene rings is 1. The fourth-order valence-corrected chi connectivity index (χ4v) is 4.24. The highest BCUT2D eigenvalue weighted by Crippen LogP contribution is 2.23. The summed E-state index contributed by atoms with van der Waals surface area (Å²) >= 11 is 1.47. The molecule has 5 heteroatoms.